The minimum absolute atomic E-state index is 0.0426. The molecule has 10 aromatic carbocycles. The Labute approximate surface area is 433 Å². The molecular formula is C73H66. The average molecular weight is 943 g/mol. The normalized spacial score (nSPS) is 15.0. The summed E-state index contributed by atoms with van der Waals surface area (Å²) in [4.78, 5) is 0. The van der Waals surface area contributed by atoms with Gasteiger partial charge in [0.05, 0.1) is 0 Å². The number of benzene rings is 10. The molecule has 3 aliphatic rings. The Balaban J connectivity index is 0.838. The van der Waals surface area contributed by atoms with Crippen molar-refractivity contribution in [2.45, 2.75) is 110 Å². The van der Waals surface area contributed by atoms with Gasteiger partial charge in [0, 0.05) is 16.2 Å². The van der Waals surface area contributed by atoms with E-state index in [1.807, 2.05) is 0 Å². The van der Waals surface area contributed by atoms with E-state index in [2.05, 4.69) is 237 Å². The van der Waals surface area contributed by atoms with Crippen LogP contribution in [0.3, 0.4) is 0 Å². The van der Waals surface area contributed by atoms with Crippen molar-refractivity contribution in [1.82, 2.24) is 0 Å². The van der Waals surface area contributed by atoms with Crippen LogP contribution < -0.4 is 0 Å². The second-order valence-electron chi connectivity index (χ2n) is 22.1. The maximum absolute atomic E-state index is 2.57. The molecule has 13 rings (SSSR count). The summed E-state index contributed by atoms with van der Waals surface area (Å²) < 4.78 is 0. The lowest BCUT2D eigenvalue weighted by molar-refractivity contribution is 0.490. The van der Waals surface area contributed by atoms with Gasteiger partial charge in [-0.05, 0) is 234 Å². The Morgan fingerprint density at radius 1 is 0.219 bits per heavy atom. The van der Waals surface area contributed by atoms with E-state index < -0.39 is 0 Å². The van der Waals surface area contributed by atoms with Crippen LogP contribution in [0.5, 0.6) is 0 Å². The average Bonchev–Trinajstić information content (AvgIpc) is 4.00. The summed E-state index contributed by atoms with van der Waals surface area (Å²) in [6.45, 7) is 18.8. The number of rotatable bonds is 10. The van der Waals surface area contributed by atoms with E-state index in [1.54, 1.807) is 0 Å². The first-order valence-corrected chi connectivity index (χ1v) is 27.5. The van der Waals surface area contributed by atoms with Crippen LogP contribution in [-0.2, 0) is 16.2 Å². The fraction of sp³-hybridized carbons (Fsp3) is 0.233. The van der Waals surface area contributed by atoms with Crippen LogP contribution >= 0.6 is 0 Å². The molecule has 0 unspecified atom stereocenters. The summed E-state index contributed by atoms with van der Waals surface area (Å²) >= 11 is 0. The van der Waals surface area contributed by atoms with Crippen molar-refractivity contribution in [2.75, 3.05) is 0 Å². The molecule has 358 valence electrons. The largest absolute Gasteiger partial charge is 0.0642 e. The summed E-state index contributed by atoms with van der Waals surface area (Å²) in [5.41, 5.74) is 30.1. The molecule has 0 N–H and O–H groups in total. The highest BCUT2D eigenvalue weighted by molar-refractivity contribution is 5.93. The van der Waals surface area contributed by atoms with Crippen LogP contribution in [0.15, 0.2) is 182 Å². The van der Waals surface area contributed by atoms with Gasteiger partial charge in [-0.15, -0.1) is 0 Å². The monoisotopic (exact) mass is 943 g/mol. The van der Waals surface area contributed by atoms with Crippen molar-refractivity contribution < 1.29 is 0 Å². The number of fused-ring (bicyclic) bond motifs is 11. The third-order valence-electron chi connectivity index (χ3n) is 19.0. The first kappa shape index (κ1) is 45.6. The van der Waals surface area contributed by atoms with E-state index in [4.69, 9.17) is 0 Å². The zero-order valence-electron chi connectivity index (χ0n) is 44.1. The minimum Gasteiger partial charge on any atom is -0.0642 e. The molecule has 0 fully saturated rings. The Hall–Kier alpha value is -7.28. The Bertz CT molecular complexity index is 3650. The molecule has 0 heterocycles. The first-order chi connectivity index (χ1) is 35.6. The molecule has 0 bridgehead atoms. The molecular weight excluding hydrogens is 877 g/mol. The van der Waals surface area contributed by atoms with Gasteiger partial charge in [0.2, 0.25) is 0 Å². The van der Waals surface area contributed by atoms with E-state index in [0.717, 1.165) is 38.5 Å². The van der Waals surface area contributed by atoms with Crippen molar-refractivity contribution in [2.24, 2.45) is 0 Å². The van der Waals surface area contributed by atoms with Crippen LogP contribution in [0.2, 0.25) is 0 Å². The lowest BCUT2D eigenvalue weighted by Crippen LogP contribution is -2.23. The molecule has 0 saturated heterocycles. The zero-order chi connectivity index (χ0) is 50.0. The highest BCUT2D eigenvalue weighted by atomic mass is 14.5. The van der Waals surface area contributed by atoms with Gasteiger partial charge in [-0.2, -0.15) is 0 Å². The number of aryl methyl sites for hydroxylation is 2. The minimum atomic E-state index is -0.0697. The summed E-state index contributed by atoms with van der Waals surface area (Å²) in [6, 6.07) is 71.6. The van der Waals surface area contributed by atoms with Gasteiger partial charge in [-0.3, -0.25) is 0 Å². The van der Waals surface area contributed by atoms with Crippen LogP contribution in [0.1, 0.15) is 125 Å². The Morgan fingerprint density at radius 2 is 0.411 bits per heavy atom. The summed E-state index contributed by atoms with van der Waals surface area (Å²) in [5, 5.41) is 5.20. The van der Waals surface area contributed by atoms with Gasteiger partial charge < -0.3 is 0 Å². The van der Waals surface area contributed by atoms with Crippen molar-refractivity contribution >= 4 is 21.5 Å². The Morgan fingerprint density at radius 3 is 0.644 bits per heavy atom. The van der Waals surface area contributed by atoms with Crippen molar-refractivity contribution in [3.8, 4) is 77.9 Å². The quantitative estimate of drug-likeness (QED) is 0.128. The van der Waals surface area contributed by atoms with E-state index in [-0.39, 0.29) is 16.2 Å². The predicted octanol–water partition coefficient (Wildman–Crippen LogP) is 20.5. The lowest BCUT2D eigenvalue weighted by atomic mass is 9.72. The van der Waals surface area contributed by atoms with E-state index in [9.17, 15) is 0 Å². The van der Waals surface area contributed by atoms with Crippen LogP contribution in [0.4, 0.5) is 0 Å². The second kappa shape index (κ2) is 16.9. The van der Waals surface area contributed by atoms with Crippen LogP contribution in [0, 0.1) is 13.8 Å². The van der Waals surface area contributed by atoms with Gasteiger partial charge in [0.1, 0.15) is 0 Å². The maximum atomic E-state index is 2.57. The summed E-state index contributed by atoms with van der Waals surface area (Å²) in [5.74, 6) is 0. The summed E-state index contributed by atoms with van der Waals surface area (Å²) in [6.07, 6.45) is 6.35. The fourth-order valence-electron chi connectivity index (χ4n) is 14.7. The van der Waals surface area contributed by atoms with E-state index in [1.165, 1.54) is 144 Å². The molecule has 0 heteroatoms. The first-order valence-electron chi connectivity index (χ1n) is 27.5. The van der Waals surface area contributed by atoms with Gasteiger partial charge >= 0.3 is 0 Å². The second-order valence-corrected chi connectivity index (χ2v) is 22.1. The maximum Gasteiger partial charge on any atom is 0.0210 e. The standard InChI is InChI=1S/C73H66/c1-9-71(10-2)65-39-53(51-21-19-47-35-45(7)15-17-49(47)37-51)23-29-59(65)61-31-25-55(41-67(61)71)57-27-33-63-64-34-28-58(44-70(64)73(13-5,14-6)69(63)43-57)56-26-32-62-60-30-24-54(40-66(60)72(11-3,12-4)68(62)42-56)52-22-20-48-36-46(8)16-18-50(48)38-52/h15-44H,9-14H2,1-8H3. The molecule has 0 aromatic heterocycles. The van der Waals surface area contributed by atoms with Gasteiger partial charge in [-0.1, -0.05) is 186 Å². The number of hydrogen-bond acceptors (Lipinski definition) is 0. The summed E-state index contributed by atoms with van der Waals surface area (Å²) in [7, 11) is 0. The van der Waals surface area contributed by atoms with Crippen molar-refractivity contribution in [3.05, 3.63) is 226 Å². The van der Waals surface area contributed by atoms with Gasteiger partial charge in [0.25, 0.3) is 0 Å². The molecule has 0 saturated carbocycles. The Kier molecular flexibility index (Phi) is 10.5. The molecule has 0 nitrogen and oxygen atoms in total. The third kappa shape index (κ3) is 6.58. The van der Waals surface area contributed by atoms with Gasteiger partial charge in [0.15, 0.2) is 0 Å². The highest BCUT2D eigenvalue weighted by Gasteiger charge is 2.44. The molecule has 3 aliphatic carbocycles. The van der Waals surface area contributed by atoms with E-state index >= 15 is 0 Å². The topological polar surface area (TPSA) is 0 Å². The van der Waals surface area contributed by atoms with Gasteiger partial charge in [-0.25, -0.2) is 0 Å². The van der Waals surface area contributed by atoms with Crippen molar-refractivity contribution in [3.63, 3.8) is 0 Å². The molecule has 0 aliphatic heterocycles. The van der Waals surface area contributed by atoms with Crippen LogP contribution in [0.25, 0.3) is 99.4 Å². The van der Waals surface area contributed by atoms with E-state index in [0.29, 0.717) is 0 Å². The molecule has 0 radical (unpaired) electrons. The van der Waals surface area contributed by atoms with Crippen molar-refractivity contribution in [1.29, 1.82) is 0 Å². The third-order valence-corrected chi connectivity index (χ3v) is 19.0. The number of hydrogen-bond donors (Lipinski definition) is 0. The highest BCUT2D eigenvalue weighted by Crippen LogP contribution is 2.58. The smallest absolute Gasteiger partial charge is 0.0210 e. The lowest BCUT2D eigenvalue weighted by Gasteiger charge is -2.31. The molecule has 10 aromatic rings. The fourth-order valence-corrected chi connectivity index (χ4v) is 14.7. The molecule has 0 amide bonds. The molecule has 73 heavy (non-hydrogen) atoms. The predicted molar refractivity (Wildman–Crippen MR) is 313 cm³/mol. The molecule has 0 atom stereocenters. The van der Waals surface area contributed by atoms with Crippen LogP contribution in [-0.4, -0.2) is 0 Å². The zero-order valence-corrected chi connectivity index (χ0v) is 44.1. The SMILES string of the molecule is CCC1(CC)c2cc(-c3ccc4c(c3)C(CC)(CC)c3cc(-c5ccc6cc(C)ccc6c5)ccc3-4)ccc2-c2ccc(-c3ccc4c(c3)C(CC)(CC)c3cc(-c5ccc6cc(C)ccc6c5)ccc3-4)cc21. The molecule has 0 spiro atoms.